The molecule has 1 aromatic rings. The van der Waals surface area contributed by atoms with Crippen molar-refractivity contribution in [2.45, 2.75) is 25.9 Å². The number of benzene rings is 1. The molecule has 0 aliphatic carbocycles. The zero-order valence-electron chi connectivity index (χ0n) is 10.6. The summed E-state index contributed by atoms with van der Waals surface area (Å²) in [5.74, 6) is 0.171. The van der Waals surface area contributed by atoms with Crippen LogP contribution in [0.1, 0.15) is 25.8 Å². The molecule has 0 saturated carbocycles. The first kappa shape index (κ1) is 12.6. The zero-order chi connectivity index (χ0) is 12.3. The van der Waals surface area contributed by atoms with Crippen molar-refractivity contribution in [3.05, 3.63) is 35.9 Å². The summed E-state index contributed by atoms with van der Waals surface area (Å²) in [5.41, 5.74) is 0.304. The van der Waals surface area contributed by atoms with E-state index in [0.717, 1.165) is 25.1 Å². The Labute approximate surface area is 103 Å². The minimum absolute atomic E-state index is 0.171. The van der Waals surface area contributed by atoms with Gasteiger partial charge in [0.2, 0.25) is 0 Å². The summed E-state index contributed by atoms with van der Waals surface area (Å²) >= 11 is 0. The first-order chi connectivity index (χ1) is 8.16. The van der Waals surface area contributed by atoms with Crippen LogP contribution in [0, 0.1) is 5.92 Å². The molecular weight excluding hydrogens is 214 g/mol. The van der Waals surface area contributed by atoms with Crippen molar-refractivity contribution in [1.29, 1.82) is 0 Å². The summed E-state index contributed by atoms with van der Waals surface area (Å²) in [4.78, 5) is 5.50. The molecule has 1 N–H and O–H groups in total. The Morgan fingerprint density at radius 2 is 2.12 bits per heavy atom. The minimum Gasteiger partial charge on any atom is -0.385 e. The van der Waals surface area contributed by atoms with E-state index in [1.165, 1.54) is 0 Å². The number of hydrogen-bond donors (Lipinski definition) is 1. The number of rotatable bonds is 3. The van der Waals surface area contributed by atoms with Gasteiger partial charge in [0.05, 0.1) is 12.2 Å². The highest BCUT2D eigenvalue weighted by Crippen LogP contribution is 2.37. The van der Waals surface area contributed by atoms with Gasteiger partial charge in [0.1, 0.15) is 0 Å². The molecule has 1 heterocycles. The molecule has 2 rings (SSSR count). The molecule has 17 heavy (non-hydrogen) atoms. The highest BCUT2D eigenvalue weighted by Gasteiger charge is 2.40. The maximum Gasteiger partial charge on any atom is 0.0948 e. The second-order valence-corrected chi connectivity index (χ2v) is 4.75. The van der Waals surface area contributed by atoms with Crippen LogP contribution >= 0.6 is 0 Å². The normalized spacial score (nSPS) is 30.4. The molecule has 1 fully saturated rings. The molecule has 1 saturated heterocycles. The van der Waals surface area contributed by atoms with E-state index >= 15 is 0 Å². The number of nitrogens with zero attached hydrogens (tertiary/aromatic N) is 1. The summed E-state index contributed by atoms with van der Waals surface area (Å²) in [6.07, 6.45) is 0.720. The fourth-order valence-corrected chi connectivity index (χ4v) is 2.54. The van der Waals surface area contributed by atoms with Crippen molar-refractivity contribution < 1.29 is 9.94 Å². The summed E-state index contributed by atoms with van der Waals surface area (Å²) in [6.45, 7) is 6.32. The Hall–Kier alpha value is -0.900. The lowest BCUT2D eigenvalue weighted by Crippen LogP contribution is -2.48. The Bertz CT molecular complexity index is 354. The fraction of sp³-hybridized carbons (Fsp3) is 0.571. The highest BCUT2D eigenvalue weighted by atomic mass is 16.7. The molecule has 1 aliphatic heterocycles. The minimum atomic E-state index is -0.713. The second kappa shape index (κ2) is 5.17. The predicted octanol–water partition coefficient (Wildman–Crippen LogP) is 2.17. The van der Waals surface area contributed by atoms with Crippen LogP contribution in [0.25, 0.3) is 0 Å². The molecule has 3 nitrogen and oxygen atoms in total. The molecule has 2 unspecified atom stereocenters. The molecule has 2 atom stereocenters. The smallest absolute Gasteiger partial charge is 0.0948 e. The highest BCUT2D eigenvalue weighted by molar-refractivity contribution is 5.23. The van der Waals surface area contributed by atoms with E-state index in [9.17, 15) is 5.11 Å². The van der Waals surface area contributed by atoms with Crippen molar-refractivity contribution in [3.8, 4) is 0 Å². The Balaban J connectivity index is 2.12. The number of hydrogen-bond acceptors (Lipinski definition) is 3. The van der Waals surface area contributed by atoms with Gasteiger partial charge < -0.3 is 5.11 Å². The van der Waals surface area contributed by atoms with Gasteiger partial charge in [-0.1, -0.05) is 37.3 Å². The summed E-state index contributed by atoms with van der Waals surface area (Å²) in [5, 5.41) is 12.8. The molecule has 1 aromatic carbocycles. The third-order valence-electron chi connectivity index (χ3n) is 3.62. The Morgan fingerprint density at radius 3 is 2.71 bits per heavy atom. The lowest BCUT2D eigenvalue weighted by atomic mass is 9.77. The first-order valence-electron chi connectivity index (χ1n) is 6.32. The van der Waals surface area contributed by atoms with Crippen LogP contribution in [0.5, 0.6) is 0 Å². The monoisotopic (exact) mass is 235 g/mol. The van der Waals surface area contributed by atoms with Crippen LogP contribution in [0.3, 0.4) is 0 Å². The van der Waals surface area contributed by atoms with E-state index in [-0.39, 0.29) is 5.92 Å². The van der Waals surface area contributed by atoms with Crippen molar-refractivity contribution in [1.82, 2.24) is 5.06 Å². The summed E-state index contributed by atoms with van der Waals surface area (Å²) in [6, 6.07) is 9.95. The van der Waals surface area contributed by atoms with Gasteiger partial charge in [-0.25, -0.2) is 0 Å². The Kier molecular flexibility index (Phi) is 3.82. The molecule has 0 bridgehead atoms. The van der Waals surface area contributed by atoms with Crippen LogP contribution in [0.4, 0.5) is 0 Å². The van der Waals surface area contributed by atoms with Crippen LogP contribution in [-0.4, -0.2) is 29.9 Å². The van der Waals surface area contributed by atoms with E-state index in [1.807, 2.05) is 42.3 Å². The molecule has 0 aromatic heterocycles. The van der Waals surface area contributed by atoms with Crippen LogP contribution < -0.4 is 0 Å². The molecule has 1 aliphatic rings. The lowest BCUT2D eigenvalue weighted by molar-refractivity contribution is -0.210. The Morgan fingerprint density at radius 1 is 1.41 bits per heavy atom. The third kappa shape index (κ3) is 2.51. The van der Waals surface area contributed by atoms with Crippen LogP contribution in [0.15, 0.2) is 30.3 Å². The van der Waals surface area contributed by atoms with E-state index in [1.54, 1.807) is 0 Å². The average Bonchev–Trinajstić information content (AvgIpc) is 2.35. The quantitative estimate of drug-likeness (QED) is 0.871. The molecule has 0 radical (unpaired) electrons. The van der Waals surface area contributed by atoms with Gasteiger partial charge >= 0.3 is 0 Å². The van der Waals surface area contributed by atoms with Crippen molar-refractivity contribution >= 4 is 0 Å². The van der Waals surface area contributed by atoms with Gasteiger partial charge in [-0.05, 0) is 18.9 Å². The van der Waals surface area contributed by atoms with Crippen molar-refractivity contribution in [2.24, 2.45) is 5.92 Å². The third-order valence-corrected chi connectivity index (χ3v) is 3.62. The van der Waals surface area contributed by atoms with Gasteiger partial charge in [0.15, 0.2) is 0 Å². The first-order valence-corrected chi connectivity index (χ1v) is 6.32. The van der Waals surface area contributed by atoms with Gasteiger partial charge in [0, 0.05) is 19.0 Å². The average molecular weight is 235 g/mol. The fourth-order valence-electron chi connectivity index (χ4n) is 2.54. The summed E-state index contributed by atoms with van der Waals surface area (Å²) < 4.78 is 0. The van der Waals surface area contributed by atoms with E-state index in [2.05, 4.69) is 6.92 Å². The predicted molar refractivity (Wildman–Crippen MR) is 67.3 cm³/mol. The maximum atomic E-state index is 10.8. The molecule has 94 valence electrons. The van der Waals surface area contributed by atoms with Crippen molar-refractivity contribution in [3.63, 3.8) is 0 Å². The van der Waals surface area contributed by atoms with Gasteiger partial charge in [-0.15, -0.1) is 0 Å². The van der Waals surface area contributed by atoms with Gasteiger partial charge in [-0.2, -0.15) is 5.06 Å². The van der Waals surface area contributed by atoms with Gasteiger partial charge in [-0.3, -0.25) is 4.84 Å². The topological polar surface area (TPSA) is 32.7 Å². The largest absolute Gasteiger partial charge is 0.385 e. The van der Waals surface area contributed by atoms with Crippen molar-refractivity contribution in [2.75, 3.05) is 19.7 Å². The molecule has 0 amide bonds. The second-order valence-electron chi connectivity index (χ2n) is 4.75. The number of aliphatic hydroxyl groups is 1. The lowest BCUT2D eigenvalue weighted by Gasteiger charge is -2.42. The molecule has 3 heteroatoms. The van der Waals surface area contributed by atoms with E-state index in [4.69, 9.17) is 4.84 Å². The zero-order valence-corrected chi connectivity index (χ0v) is 10.6. The van der Waals surface area contributed by atoms with E-state index in [0.29, 0.717) is 6.61 Å². The SMILES string of the molecule is CCON1CCC(O)(c2ccccc2)C(C)C1. The maximum absolute atomic E-state index is 10.8. The number of hydroxylamine groups is 2. The van der Waals surface area contributed by atoms with E-state index < -0.39 is 5.60 Å². The van der Waals surface area contributed by atoms with Crippen LogP contribution in [0.2, 0.25) is 0 Å². The molecular formula is C14H21NO2. The summed E-state index contributed by atoms with van der Waals surface area (Å²) in [7, 11) is 0. The standard InChI is InChI=1S/C14H21NO2/c1-3-17-15-10-9-14(16,12(2)11-15)13-7-5-4-6-8-13/h4-8,12,16H,3,9-11H2,1-2H3. The number of piperidine rings is 1. The van der Waals surface area contributed by atoms with Gasteiger partial charge in [0.25, 0.3) is 0 Å². The van der Waals surface area contributed by atoms with Crippen LogP contribution in [-0.2, 0) is 10.4 Å². The molecule has 0 spiro atoms.